The molecule has 7 aromatic rings. The average Bonchev–Trinajstić information content (AvgIpc) is 1.47. The van der Waals surface area contributed by atoms with Crippen molar-refractivity contribution in [1.82, 2.24) is 35.8 Å². The van der Waals surface area contributed by atoms with Gasteiger partial charge in [0.1, 0.15) is 25.0 Å². The lowest BCUT2D eigenvalue weighted by Crippen LogP contribution is -2.49. The van der Waals surface area contributed by atoms with Gasteiger partial charge >= 0.3 is 24.2 Å². The van der Waals surface area contributed by atoms with Gasteiger partial charge in [0.05, 0.1) is 63.8 Å². The summed E-state index contributed by atoms with van der Waals surface area (Å²) >= 11 is 8.71. The molecule has 4 aromatic carbocycles. The van der Waals surface area contributed by atoms with E-state index in [2.05, 4.69) is 123 Å². The molecule has 0 spiro atoms. The molecular weight excluding hydrogens is 1680 g/mol. The summed E-state index contributed by atoms with van der Waals surface area (Å²) < 4.78 is 31.8. The minimum absolute atomic E-state index is 0. The predicted octanol–water partition coefficient (Wildman–Crippen LogP) is 18.8. The van der Waals surface area contributed by atoms with Gasteiger partial charge in [-0.25, -0.2) is 19.4 Å². The third-order valence-corrected chi connectivity index (χ3v) is 17.8. The van der Waals surface area contributed by atoms with Gasteiger partial charge in [0.25, 0.3) is 0 Å². The molecular formula is C76H114I3N7O12S3. The van der Waals surface area contributed by atoms with Crippen LogP contribution in [0, 0.1) is 23.7 Å². The van der Waals surface area contributed by atoms with Crippen LogP contribution in [0.5, 0.6) is 0 Å². The maximum Gasteiger partial charge on any atom is 0.407 e. The molecule has 4 amide bonds. The van der Waals surface area contributed by atoms with Crippen molar-refractivity contribution in [3.05, 3.63) is 193 Å². The van der Waals surface area contributed by atoms with Gasteiger partial charge in [-0.05, 0) is 92.4 Å². The van der Waals surface area contributed by atoms with Gasteiger partial charge in [-0.2, -0.15) is 0 Å². The van der Waals surface area contributed by atoms with Crippen molar-refractivity contribution in [2.75, 3.05) is 48.2 Å². The van der Waals surface area contributed by atoms with Gasteiger partial charge < -0.3 is 49.6 Å². The minimum Gasteiger partial charge on any atom is -0.481 e. The number of rotatable bonds is 37. The highest BCUT2D eigenvalue weighted by Gasteiger charge is 2.28. The largest absolute Gasteiger partial charge is 0.481 e. The Morgan fingerprint density at radius 1 is 0.545 bits per heavy atom. The van der Waals surface area contributed by atoms with Crippen LogP contribution in [0.4, 0.5) is 14.4 Å². The number of aromatic nitrogens is 3. The number of hydrogen-bond donors (Lipinski definition) is 4. The number of hydrogen-bond acceptors (Lipinski definition) is 17. The highest BCUT2D eigenvalue weighted by Crippen LogP contribution is 2.26. The molecule has 101 heavy (non-hydrogen) atoms. The number of carboxylic acid groups (broad SMARTS) is 1. The van der Waals surface area contributed by atoms with Crippen molar-refractivity contribution in [1.29, 1.82) is 0 Å². The van der Waals surface area contributed by atoms with Crippen LogP contribution >= 0.6 is 95.2 Å². The van der Waals surface area contributed by atoms with Crippen molar-refractivity contribution in [3.8, 4) is 0 Å². The quantitative estimate of drug-likeness (QED) is 0.0264. The van der Waals surface area contributed by atoms with E-state index in [0.717, 1.165) is 56.4 Å². The molecule has 7 atom stereocenters. The van der Waals surface area contributed by atoms with Crippen molar-refractivity contribution >= 4 is 131 Å². The molecule has 4 N–H and O–H groups in total. The molecule has 0 aliphatic carbocycles. The summed E-state index contributed by atoms with van der Waals surface area (Å²) in [6, 6.07) is 39.0. The van der Waals surface area contributed by atoms with Crippen LogP contribution < -0.4 is 16.0 Å². The summed E-state index contributed by atoms with van der Waals surface area (Å²) in [7, 11) is 7.57. The Morgan fingerprint density at radius 2 is 0.931 bits per heavy atom. The highest BCUT2D eigenvalue weighted by atomic mass is 128. The van der Waals surface area contributed by atoms with Crippen molar-refractivity contribution in [3.63, 3.8) is 0 Å². The Balaban J connectivity index is -0.00000163. The van der Waals surface area contributed by atoms with E-state index in [1.165, 1.54) is 54.8 Å². The van der Waals surface area contributed by atoms with Crippen molar-refractivity contribution in [2.24, 2.45) is 23.7 Å². The lowest BCUT2D eigenvalue weighted by atomic mass is 9.86. The van der Waals surface area contributed by atoms with E-state index in [0.29, 0.717) is 57.6 Å². The van der Waals surface area contributed by atoms with Gasteiger partial charge in [-0.1, -0.05) is 179 Å². The molecule has 0 bridgehead atoms. The zero-order valence-electron chi connectivity index (χ0n) is 58.0. The van der Waals surface area contributed by atoms with Gasteiger partial charge in [-0.15, -0.1) is 58.0 Å². The fourth-order valence-electron chi connectivity index (χ4n) is 10.1. The van der Waals surface area contributed by atoms with E-state index in [1.807, 2.05) is 97.2 Å². The number of alkyl carbamates (subject to hydrolysis) is 2. The summed E-state index contributed by atoms with van der Waals surface area (Å²) in [6.45, 7) is 9.18. The third-order valence-electron chi connectivity index (χ3n) is 15.1. The first-order valence-corrected chi connectivity index (χ1v) is 40.5. The standard InChI is InChI=1S/C37H47N5O5S2.C29H36N2O4S.C5H10O3.5CH4.I2.HI/c1-26(2)35-39-31(24-48-35)21-42(3)36(44)41-33(23-46-4)34(43)19-29(17-27-11-7-5-8-12-27)15-16-30(18-28-13-9-6-10-14-28)40-37(45)47-22-32-20-38-25-49-32;1-22(19-34-2)28(32)17-25(15-23-9-5-3-6-10-23)13-14-26(16-24-11-7-4-8-12-24)31-29(33)35-20-27-18-30-21-36-27;1-4(3-8-2)5(6)7;;;;;;1-2;/h5-14,20,24-26,29-30,33H,15-19,21-23H2,1-4H3,(H,40,45)(H,41,44);3-12,18,21-22,25-26H,13-17,19-20H2,1-2H3,(H,31,33);4H,3H2,1-2H3,(H,6,7);5*1H4;;1H/t29-,30-,33+;22-,25+,26+;4-;;;;;;;/m100......./s1/i;;;1D;;;;;;. The Bertz CT molecular complexity index is 3230. The predicted molar refractivity (Wildman–Crippen MR) is 442 cm³/mol. The molecule has 564 valence electrons. The zero-order valence-corrected chi connectivity index (χ0v) is 66.1. The van der Waals surface area contributed by atoms with Gasteiger partial charge in [0.15, 0.2) is 5.78 Å². The number of urea groups is 1. The fourth-order valence-corrected chi connectivity index (χ4v) is 11.9. The molecule has 0 saturated heterocycles. The van der Waals surface area contributed by atoms with Gasteiger partial charge in [0.2, 0.25) is 0 Å². The lowest BCUT2D eigenvalue weighted by Gasteiger charge is -2.25. The normalized spacial score (nSPS) is 12.3. The van der Waals surface area contributed by atoms with Crippen LogP contribution in [0.15, 0.2) is 150 Å². The number of benzene rings is 4. The molecule has 0 fully saturated rings. The zero-order chi connectivity index (χ0) is 71.2. The maximum absolute atomic E-state index is 13.8. The monoisotopic (exact) mass is 1790 g/mol. The fraction of sp³-hybridized carbons (Fsp3) is 0.487. The number of halogens is 3. The molecule has 3 heterocycles. The van der Waals surface area contributed by atoms with Crippen LogP contribution in [0.2, 0.25) is 0 Å². The number of methoxy groups -OCH3 is 3. The second-order valence-electron chi connectivity index (χ2n) is 23.5. The highest BCUT2D eigenvalue weighted by molar-refractivity contribution is 15.0. The van der Waals surface area contributed by atoms with Crippen LogP contribution in [0.3, 0.4) is 0 Å². The third kappa shape index (κ3) is 42.1. The number of nitrogens with one attached hydrogen (secondary N) is 3. The Hall–Kier alpha value is -5.54. The minimum atomic E-state index is -0.813. The molecule has 0 aliphatic rings. The van der Waals surface area contributed by atoms with E-state index >= 15 is 0 Å². The number of carbonyl (C=O) groups excluding carboxylic acids is 5. The first-order chi connectivity index (χ1) is 46.9. The first kappa shape index (κ1) is 97.5. The Labute approximate surface area is 657 Å². The van der Waals surface area contributed by atoms with E-state index in [-0.39, 0.29) is 140 Å². The number of carboxylic acids is 1. The van der Waals surface area contributed by atoms with Gasteiger partial charge in [0, 0.05) is 122 Å². The number of aliphatic carboxylic acids is 1. The number of ketones is 2. The smallest absolute Gasteiger partial charge is 0.407 e. The molecule has 0 radical (unpaired) electrons. The molecule has 0 saturated carbocycles. The number of ether oxygens (including phenoxy) is 5. The van der Waals surface area contributed by atoms with E-state index in [1.54, 1.807) is 55.8 Å². The summed E-state index contributed by atoms with van der Waals surface area (Å²) in [5, 5.41) is 20.2. The number of nitrogens with zero attached hydrogens (tertiary/aromatic N) is 4. The Kier molecular flexibility index (Phi) is 56.8. The topological polar surface area (TPSA) is 247 Å². The number of carbonyl (C=O) groups is 6. The summed E-state index contributed by atoms with van der Waals surface area (Å²) in [4.78, 5) is 91.3. The summed E-state index contributed by atoms with van der Waals surface area (Å²) in [5.41, 5.74) is 8.81. The van der Waals surface area contributed by atoms with Crippen LogP contribution in [0.25, 0.3) is 0 Å². The molecule has 7 rings (SSSR count). The van der Waals surface area contributed by atoms with E-state index < -0.39 is 24.2 Å². The number of Topliss-reactive ketones (excluding diaryl/α,β-unsaturated/α-hetero) is 2. The molecule has 25 heteroatoms. The van der Waals surface area contributed by atoms with Crippen molar-refractivity contribution in [2.45, 2.75) is 173 Å². The van der Waals surface area contributed by atoms with E-state index in [9.17, 15) is 28.8 Å². The molecule has 0 unspecified atom stereocenters. The van der Waals surface area contributed by atoms with Crippen LogP contribution in [-0.4, -0.2) is 127 Å². The molecule has 0 aliphatic heterocycles. The summed E-state index contributed by atoms with van der Waals surface area (Å²) in [6.07, 6.45) is 8.87. The van der Waals surface area contributed by atoms with Crippen LogP contribution in [0.1, 0.15) is 153 Å². The second-order valence-corrected chi connectivity index (χ2v) is 26.3. The SMILES string of the molecule is C.C.C.C.COC[C@H](C)C(=O)C[C@H](CC[C@H](Cc1ccccc1)NC(=O)OCc1cncs1)Cc1ccccc1.COC[C@H](C)C(=O)O.COC[C@H](NC(=O)N(C)Cc1csc(C(C)C)n1)C(=O)C[C@H](CC[C@H](Cc1ccccc1)NC(=O)OCc1cncs1)Cc1ccccc1.I.II.[2H]C. The van der Waals surface area contributed by atoms with E-state index in [4.69, 9.17) is 25.4 Å². The van der Waals surface area contributed by atoms with Crippen molar-refractivity contribution < 1.29 is 58.9 Å². The second kappa shape index (κ2) is 58.8. The number of amides is 4. The van der Waals surface area contributed by atoms with Crippen LogP contribution in [-0.2, 0) is 83.5 Å². The lowest BCUT2D eigenvalue weighted by molar-refractivity contribution is -0.142. The molecule has 19 nitrogen and oxygen atoms in total. The number of thiazole rings is 3. The first-order valence-electron chi connectivity index (χ1n) is 32.5. The summed E-state index contributed by atoms with van der Waals surface area (Å²) in [5.74, 6) is -0.766. The maximum atomic E-state index is 13.8. The Morgan fingerprint density at radius 3 is 1.28 bits per heavy atom. The average molecular weight is 1800 g/mol. The van der Waals surface area contributed by atoms with Gasteiger partial charge in [-0.3, -0.25) is 24.4 Å². The molecule has 3 aromatic heterocycles.